The topological polar surface area (TPSA) is 43.8 Å². The molecule has 0 aromatic carbocycles. The highest BCUT2D eigenvalue weighted by Gasteiger charge is 2.22. The monoisotopic (exact) mass is 457 g/mol. The Morgan fingerprint density at radius 3 is 2.68 bits per heavy atom. The SMILES string of the molecule is CN=C(NCC1CCCC(C)C1)N1CCN(c2ccccn2)CC1.I. The maximum atomic E-state index is 4.51. The lowest BCUT2D eigenvalue weighted by Crippen LogP contribution is -2.53. The zero-order chi connectivity index (χ0) is 16.8. The number of anilines is 1. The number of guanidine groups is 1. The number of piperazine rings is 1. The molecule has 2 aliphatic rings. The first-order valence-corrected chi connectivity index (χ1v) is 9.38. The normalized spacial score (nSPS) is 24.6. The average Bonchev–Trinajstić information content (AvgIpc) is 2.64. The fourth-order valence-corrected chi connectivity index (χ4v) is 4.00. The van der Waals surface area contributed by atoms with E-state index in [1.54, 1.807) is 0 Å². The van der Waals surface area contributed by atoms with Crippen molar-refractivity contribution in [3.63, 3.8) is 0 Å². The molecule has 2 unspecified atom stereocenters. The maximum absolute atomic E-state index is 4.51. The van der Waals surface area contributed by atoms with Gasteiger partial charge in [-0.05, 0) is 36.8 Å². The molecule has 0 radical (unpaired) electrons. The minimum atomic E-state index is 0. The van der Waals surface area contributed by atoms with Gasteiger partial charge in [0.25, 0.3) is 0 Å². The third-order valence-corrected chi connectivity index (χ3v) is 5.36. The van der Waals surface area contributed by atoms with Crippen molar-refractivity contribution in [2.24, 2.45) is 16.8 Å². The van der Waals surface area contributed by atoms with Gasteiger partial charge in [-0.2, -0.15) is 0 Å². The number of nitrogens with zero attached hydrogens (tertiary/aromatic N) is 4. The lowest BCUT2D eigenvalue weighted by molar-refractivity contribution is 0.278. The summed E-state index contributed by atoms with van der Waals surface area (Å²) in [5.74, 6) is 3.83. The number of hydrogen-bond acceptors (Lipinski definition) is 3. The van der Waals surface area contributed by atoms with Crippen molar-refractivity contribution in [1.29, 1.82) is 0 Å². The fourth-order valence-electron chi connectivity index (χ4n) is 4.00. The largest absolute Gasteiger partial charge is 0.356 e. The van der Waals surface area contributed by atoms with Crippen LogP contribution in [0.25, 0.3) is 0 Å². The Bertz CT molecular complexity index is 528. The first-order chi connectivity index (χ1) is 11.8. The van der Waals surface area contributed by atoms with Gasteiger partial charge in [-0.3, -0.25) is 4.99 Å². The molecule has 2 atom stereocenters. The Morgan fingerprint density at radius 2 is 2.04 bits per heavy atom. The molecule has 1 saturated heterocycles. The van der Waals surface area contributed by atoms with Crippen molar-refractivity contribution in [1.82, 2.24) is 15.2 Å². The Labute approximate surface area is 169 Å². The molecular formula is C19H32IN5. The van der Waals surface area contributed by atoms with Crippen LogP contribution in [-0.4, -0.2) is 55.6 Å². The summed E-state index contributed by atoms with van der Waals surface area (Å²) in [7, 11) is 1.90. The predicted octanol–water partition coefficient (Wildman–Crippen LogP) is 3.22. The quantitative estimate of drug-likeness (QED) is 0.430. The van der Waals surface area contributed by atoms with Gasteiger partial charge in [0.1, 0.15) is 5.82 Å². The molecule has 1 aromatic heterocycles. The minimum absolute atomic E-state index is 0. The van der Waals surface area contributed by atoms with E-state index in [0.717, 1.165) is 56.3 Å². The molecule has 1 saturated carbocycles. The van der Waals surface area contributed by atoms with Gasteiger partial charge in [0, 0.05) is 46.0 Å². The van der Waals surface area contributed by atoms with Gasteiger partial charge < -0.3 is 15.1 Å². The molecule has 1 aliphatic heterocycles. The minimum Gasteiger partial charge on any atom is -0.356 e. The van der Waals surface area contributed by atoms with Gasteiger partial charge >= 0.3 is 0 Å². The summed E-state index contributed by atoms with van der Waals surface area (Å²) in [6.45, 7) is 7.44. The zero-order valence-electron chi connectivity index (χ0n) is 15.5. The second-order valence-corrected chi connectivity index (χ2v) is 7.23. The molecular weight excluding hydrogens is 425 g/mol. The number of nitrogens with one attached hydrogen (secondary N) is 1. The molecule has 0 bridgehead atoms. The van der Waals surface area contributed by atoms with Crippen LogP contribution in [0.1, 0.15) is 32.6 Å². The van der Waals surface area contributed by atoms with Crippen molar-refractivity contribution in [3.05, 3.63) is 24.4 Å². The van der Waals surface area contributed by atoms with Crippen LogP contribution < -0.4 is 10.2 Å². The highest BCUT2D eigenvalue weighted by molar-refractivity contribution is 14.0. The van der Waals surface area contributed by atoms with Crippen LogP contribution >= 0.6 is 24.0 Å². The standard InChI is InChI=1S/C19H31N5.HI/c1-16-6-5-7-17(14-16)15-22-19(20-2)24-12-10-23(11-13-24)18-8-3-4-9-21-18;/h3-4,8-9,16-17H,5-7,10-15H2,1-2H3,(H,20,22);1H. The van der Waals surface area contributed by atoms with Crippen LogP contribution in [0, 0.1) is 11.8 Å². The molecule has 0 spiro atoms. The third-order valence-electron chi connectivity index (χ3n) is 5.36. The van der Waals surface area contributed by atoms with Crippen LogP contribution in [0.2, 0.25) is 0 Å². The molecule has 0 amide bonds. The van der Waals surface area contributed by atoms with Gasteiger partial charge in [-0.15, -0.1) is 24.0 Å². The Hall–Kier alpha value is -1.05. The average molecular weight is 457 g/mol. The van der Waals surface area contributed by atoms with Crippen LogP contribution in [0.15, 0.2) is 29.4 Å². The summed E-state index contributed by atoms with van der Waals surface area (Å²) < 4.78 is 0. The lowest BCUT2D eigenvalue weighted by atomic mass is 9.82. The molecule has 2 fully saturated rings. The number of aromatic nitrogens is 1. The molecule has 25 heavy (non-hydrogen) atoms. The van der Waals surface area contributed by atoms with E-state index >= 15 is 0 Å². The van der Waals surface area contributed by atoms with Crippen molar-refractivity contribution >= 4 is 35.8 Å². The van der Waals surface area contributed by atoms with E-state index in [1.807, 2.05) is 19.3 Å². The predicted molar refractivity (Wildman–Crippen MR) is 116 cm³/mol. The number of aliphatic imine (C=N–C) groups is 1. The van der Waals surface area contributed by atoms with Gasteiger partial charge in [0.2, 0.25) is 0 Å². The molecule has 1 aromatic rings. The summed E-state index contributed by atoms with van der Waals surface area (Å²) in [6.07, 6.45) is 7.38. The van der Waals surface area contributed by atoms with E-state index in [9.17, 15) is 0 Å². The molecule has 140 valence electrons. The second-order valence-electron chi connectivity index (χ2n) is 7.23. The van der Waals surface area contributed by atoms with E-state index in [4.69, 9.17) is 0 Å². The van der Waals surface area contributed by atoms with E-state index in [0.29, 0.717) is 0 Å². The van der Waals surface area contributed by atoms with E-state index in [1.165, 1.54) is 25.7 Å². The van der Waals surface area contributed by atoms with Gasteiger partial charge in [0.05, 0.1) is 0 Å². The van der Waals surface area contributed by atoms with Crippen LogP contribution in [-0.2, 0) is 0 Å². The van der Waals surface area contributed by atoms with Crippen LogP contribution in [0.4, 0.5) is 5.82 Å². The Kier molecular flexibility index (Phi) is 8.26. The first kappa shape index (κ1) is 20.3. The van der Waals surface area contributed by atoms with Crippen molar-refractivity contribution < 1.29 is 0 Å². The summed E-state index contributed by atoms with van der Waals surface area (Å²) in [5.41, 5.74) is 0. The Balaban J connectivity index is 0.00000225. The molecule has 3 rings (SSSR count). The molecule has 1 N–H and O–H groups in total. The number of hydrogen-bond donors (Lipinski definition) is 1. The fraction of sp³-hybridized carbons (Fsp3) is 0.684. The van der Waals surface area contributed by atoms with Gasteiger partial charge in [-0.25, -0.2) is 4.98 Å². The van der Waals surface area contributed by atoms with Crippen molar-refractivity contribution in [2.45, 2.75) is 32.6 Å². The molecule has 6 heteroatoms. The van der Waals surface area contributed by atoms with E-state index < -0.39 is 0 Å². The molecule has 1 aliphatic carbocycles. The summed E-state index contributed by atoms with van der Waals surface area (Å²) in [5, 5.41) is 3.63. The maximum Gasteiger partial charge on any atom is 0.193 e. The third kappa shape index (κ3) is 5.72. The smallest absolute Gasteiger partial charge is 0.193 e. The highest BCUT2D eigenvalue weighted by atomic mass is 127. The van der Waals surface area contributed by atoms with Gasteiger partial charge in [-0.1, -0.05) is 25.8 Å². The summed E-state index contributed by atoms with van der Waals surface area (Å²) >= 11 is 0. The van der Waals surface area contributed by atoms with Crippen LogP contribution in [0.3, 0.4) is 0 Å². The number of halogens is 1. The van der Waals surface area contributed by atoms with Crippen molar-refractivity contribution in [3.8, 4) is 0 Å². The lowest BCUT2D eigenvalue weighted by Gasteiger charge is -2.37. The highest BCUT2D eigenvalue weighted by Crippen LogP contribution is 2.27. The van der Waals surface area contributed by atoms with E-state index in [-0.39, 0.29) is 24.0 Å². The Morgan fingerprint density at radius 1 is 1.24 bits per heavy atom. The molecule has 5 nitrogen and oxygen atoms in total. The second kappa shape index (κ2) is 10.2. The van der Waals surface area contributed by atoms with Crippen LogP contribution in [0.5, 0.6) is 0 Å². The molecule has 2 heterocycles. The number of rotatable bonds is 3. The number of pyridine rings is 1. The van der Waals surface area contributed by atoms with E-state index in [2.05, 4.69) is 44.1 Å². The van der Waals surface area contributed by atoms with Crippen molar-refractivity contribution in [2.75, 3.05) is 44.7 Å². The first-order valence-electron chi connectivity index (χ1n) is 9.38. The summed E-state index contributed by atoms with van der Waals surface area (Å²) in [6, 6.07) is 6.12. The van der Waals surface area contributed by atoms with Gasteiger partial charge in [0.15, 0.2) is 5.96 Å². The summed E-state index contributed by atoms with van der Waals surface area (Å²) in [4.78, 5) is 13.7. The zero-order valence-corrected chi connectivity index (χ0v) is 17.9.